The van der Waals surface area contributed by atoms with Gasteiger partial charge in [0.05, 0.1) is 0 Å². The van der Waals surface area contributed by atoms with Gasteiger partial charge in [0.2, 0.25) is 0 Å². The van der Waals surface area contributed by atoms with Crippen LogP contribution in [0, 0.1) is 23.2 Å². The fraction of sp³-hybridized carbons (Fsp3) is 0.387. The molecule has 3 nitrogen and oxygen atoms in total. The van der Waals surface area contributed by atoms with E-state index in [0.717, 1.165) is 52.2 Å². The van der Waals surface area contributed by atoms with Crippen molar-refractivity contribution < 1.29 is 4.74 Å². The Hall–Kier alpha value is -2.80. The van der Waals surface area contributed by atoms with Gasteiger partial charge in [0.15, 0.2) is 0 Å². The van der Waals surface area contributed by atoms with Crippen molar-refractivity contribution in [2.24, 2.45) is 11.3 Å². The van der Waals surface area contributed by atoms with Crippen molar-refractivity contribution in [1.29, 1.82) is 0 Å². The van der Waals surface area contributed by atoms with Crippen molar-refractivity contribution in [1.82, 2.24) is 9.88 Å². The number of likely N-dealkylation sites (tertiary alicyclic amines) is 1. The van der Waals surface area contributed by atoms with Crippen LogP contribution < -0.4 is 4.74 Å². The molecule has 2 aliphatic rings. The third-order valence-corrected chi connectivity index (χ3v) is 8.07. The Balaban J connectivity index is 1.10. The van der Waals surface area contributed by atoms with Crippen LogP contribution in [0.15, 0.2) is 66.9 Å². The molecule has 3 aromatic rings. The summed E-state index contributed by atoms with van der Waals surface area (Å²) >= 11 is 5.97. The highest BCUT2D eigenvalue weighted by Gasteiger charge is 2.40. The average Bonchev–Trinajstić information content (AvgIpc) is 2.89. The molecular formula is C31H33ClN2O. The average molecular weight is 485 g/mol. The maximum Gasteiger partial charge on any atom is 0.119 e. The molecule has 1 saturated heterocycles. The molecule has 2 heterocycles. The first-order chi connectivity index (χ1) is 17.1. The summed E-state index contributed by atoms with van der Waals surface area (Å²) in [6.45, 7) is 6.70. The number of piperidine rings is 1. The van der Waals surface area contributed by atoms with Crippen LogP contribution in [-0.2, 0) is 0 Å². The second-order valence-corrected chi connectivity index (χ2v) is 10.6. The van der Waals surface area contributed by atoms with Crippen molar-refractivity contribution in [3.8, 4) is 28.7 Å². The maximum atomic E-state index is 6.04. The van der Waals surface area contributed by atoms with E-state index in [1.165, 1.54) is 45.2 Å². The van der Waals surface area contributed by atoms with Crippen LogP contribution in [0.5, 0.6) is 5.75 Å². The molecule has 0 spiro atoms. The summed E-state index contributed by atoms with van der Waals surface area (Å²) in [4.78, 5) is 7.09. The van der Waals surface area contributed by atoms with E-state index in [1.807, 2.05) is 66.9 Å². The summed E-state index contributed by atoms with van der Waals surface area (Å²) in [6, 6.07) is 19.8. The summed E-state index contributed by atoms with van der Waals surface area (Å²) in [7, 11) is 0. The van der Waals surface area contributed by atoms with Crippen LogP contribution >= 0.6 is 11.6 Å². The highest BCUT2D eigenvalue weighted by atomic mass is 35.5. The van der Waals surface area contributed by atoms with E-state index in [9.17, 15) is 0 Å². The summed E-state index contributed by atoms with van der Waals surface area (Å²) in [5.41, 5.74) is 4.42. The van der Waals surface area contributed by atoms with E-state index < -0.39 is 0 Å². The molecule has 0 unspecified atom stereocenters. The Labute approximate surface area is 214 Å². The SMILES string of the molecule is C[C@@]12CCCC[C@@H]1CN(CCOc1ccc(C#Cc3ccc(-c4ccc(Cl)cc4)cn3)cc1)CC2. The Kier molecular flexibility index (Phi) is 7.42. The zero-order valence-corrected chi connectivity index (χ0v) is 21.2. The van der Waals surface area contributed by atoms with Gasteiger partial charge in [-0.15, -0.1) is 0 Å². The van der Waals surface area contributed by atoms with Crippen LogP contribution in [0.25, 0.3) is 11.1 Å². The molecule has 0 N–H and O–H groups in total. The van der Waals surface area contributed by atoms with Crippen molar-refractivity contribution in [2.45, 2.75) is 39.0 Å². The smallest absolute Gasteiger partial charge is 0.119 e. The molecule has 0 bridgehead atoms. The second kappa shape index (κ2) is 10.9. The lowest BCUT2D eigenvalue weighted by atomic mass is 9.64. The predicted octanol–water partition coefficient (Wildman–Crippen LogP) is 7.08. The lowest BCUT2D eigenvalue weighted by Gasteiger charge is -2.49. The Morgan fingerprint density at radius 2 is 1.77 bits per heavy atom. The predicted molar refractivity (Wildman–Crippen MR) is 144 cm³/mol. The second-order valence-electron chi connectivity index (χ2n) is 10.2. The van der Waals surface area contributed by atoms with Gasteiger partial charge < -0.3 is 4.74 Å². The standard InChI is InChI=1S/C31H33ClN2O/c1-31-17-3-2-4-27(31)23-34(19-18-31)20-21-35-30-15-6-24(7-16-30)5-13-29-14-10-26(22-33-29)25-8-11-28(32)12-9-25/h6-12,14-16,22,27H,2-4,17-21,23H2,1H3/t27-,31+/m1/s1. The fourth-order valence-electron chi connectivity index (χ4n) is 5.48. The fourth-order valence-corrected chi connectivity index (χ4v) is 5.60. The Bertz CT molecular complexity index is 1180. The van der Waals surface area contributed by atoms with Crippen LogP contribution in [-0.4, -0.2) is 36.1 Å². The van der Waals surface area contributed by atoms with Gasteiger partial charge in [0, 0.05) is 35.4 Å². The minimum absolute atomic E-state index is 0.584. The monoisotopic (exact) mass is 484 g/mol. The number of nitrogens with zero attached hydrogens (tertiary/aromatic N) is 2. The zero-order valence-electron chi connectivity index (χ0n) is 20.5. The van der Waals surface area contributed by atoms with Gasteiger partial charge in [-0.25, -0.2) is 4.98 Å². The van der Waals surface area contributed by atoms with Crippen molar-refractivity contribution in [3.05, 3.63) is 83.1 Å². The number of fused-ring (bicyclic) bond motifs is 1. The Morgan fingerprint density at radius 3 is 2.54 bits per heavy atom. The highest BCUT2D eigenvalue weighted by Crippen LogP contribution is 2.46. The molecule has 180 valence electrons. The van der Waals surface area contributed by atoms with Crippen LogP contribution in [0.3, 0.4) is 0 Å². The third-order valence-electron chi connectivity index (χ3n) is 7.82. The van der Waals surface area contributed by atoms with Gasteiger partial charge in [-0.1, -0.05) is 55.5 Å². The molecule has 5 rings (SSSR count). The molecule has 1 saturated carbocycles. The number of pyridine rings is 1. The number of ether oxygens (including phenoxy) is 1. The first kappa shape index (κ1) is 23.9. The first-order valence-corrected chi connectivity index (χ1v) is 13.1. The molecule has 0 radical (unpaired) electrons. The first-order valence-electron chi connectivity index (χ1n) is 12.8. The van der Waals surface area contributed by atoms with Gasteiger partial charge in [0.25, 0.3) is 0 Å². The molecular weight excluding hydrogens is 452 g/mol. The number of benzene rings is 2. The molecule has 2 aromatic carbocycles. The number of halogens is 1. The van der Waals surface area contributed by atoms with Gasteiger partial charge in [0.1, 0.15) is 18.1 Å². The van der Waals surface area contributed by atoms with E-state index in [4.69, 9.17) is 16.3 Å². The summed E-state index contributed by atoms with van der Waals surface area (Å²) in [5, 5.41) is 0.731. The lowest BCUT2D eigenvalue weighted by molar-refractivity contribution is 0.00839. The van der Waals surface area contributed by atoms with Gasteiger partial charge in [-0.3, -0.25) is 4.90 Å². The largest absolute Gasteiger partial charge is 0.492 e. The molecule has 2 fully saturated rings. The van der Waals surface area contributed by atoms with Crippen molar-refractivity contribution in [3.63, 3.8) is 0 Å². The third kappa shape index (κ3) is 6.07. The summed E-state index contributed by atoms with van der Waals surface area (Å²) < 4.78 is 6.04. The molecule has 1 aromatic heterocycles. The number of rotatable bonds is 5. The van der Waals surface area contributed by atoms with Crippen molar-refractivity contribution in [2.75, 3.05) is 26.2 Å². The summed E-state index contributed by atoms with van der Waals surface area (Å²) in [5.74, 6) is 8.12. The summed E-state index contributed by atoms with van der Waals surface area (Å²) in [6.07, 6.45) is 8.83. The topological polar surface area (TPSA) is 25.4 Å². The normalized spacial score (nSPS) is 22.1. The molecule has 1 aliphatic heterocycles. The quantitative estimate of drug-likeness (QED) is 0.362. The van der Waals surface area contributed by atoms with Crippen molar-refractivity contribution >= 4 is 11.6 Å². The maximum absolute atomic E-state index is 6.04. The molecule has 4 heteroatoms. The number of hydrogen-bond acceptors (Lipinski definition) is 3. The number of aromatic nitrogens is 1. The molecule has 0 amide bonds. The van der Waals surface area contributed by atoms with Crippen LogP contribution in [0.2, 0.25) is 5.02 Å². The van der Waals surface area contributed by atoms with Crippen LogP contribution in [0.1, 0.15) is 50.3 Å². The van der Waals surface area contributed by atoms with E-state index in [1.54, 1.807) is 0 Å². The molecule has 1 aliphatic carbocycles. The van der Waals surface area contributed by atoms with E-state index in [0.29, 0.717) is 5.41 Å². The van der Waals surface area contributed by atoms with E-state index in [-0.39, 0.29) is 0 Å². The van der Waals surface area contributed by atoms with Gasteiger partial charge in [-0.05, 0) is 91.1 Å². The minimum Gasteiger partial charge on any atom is -0.492 e. The zero-order chi connectivity index (χ0) is 24.1. The van der Waals surface area contributed by atoms with Crippen LogP contribution in [0.4, 0.5) is 0 Å². The van der Waals surface area contributed by atoms with Gasteiger partial charge >= 0.3 is 0 Å². The molecule has 35 heavy (non-hydrogen) atoms. The van der Waals surface area contributed by atoms with E-state index in [2.05, 4.69) is 28.6 Å². The highest BCUT2D eigenvalue weighted by molar-refractivity contribution is 6.30. The lowest BCUT2D eigenvalue weighted by Crippen LogP contribution is -2.48. The number of hydrogen-bond donors (Lipinski definition) is 0. The minimum atomic E-state index is 0.584. The van der Waals surface area contributed by atoms with Gasteiger partial charge in [-0.2, -0.15) is 0 Å². The molecule has 2 atom stereocenters. The van der Waals surface area contributed by atoms with E-state index >= 15 is 0 Å². The Morgan fingerprint density at radius 1 is 0.971 bits per heavy atom.